The number of aliphatic imine (C=N–C) groups is 1. The van der Waals surface area contributed by atoms with E-state index in [2.05, 4.69) is 11.9 Å². The summed E-state index contributed by atoms with van der Waals surface area (Å²) in [6.07, 6.45) is 4.58. The number of fused-ring (bicyclic) bond motifs is 3. The van der Waals surface area contributed by atoms with Gasteiger partial charge in [0.05, 0.1) is 11.3 Å². The van der Waals surface area contributed by atoms with Crippen molar-refractivity contribution in [3.05, 3.63) is 65.7 Å². The summed E-state index contributed by atoms with van der Waals surface area (Å²) in [4.78, 5) is 22.7. The Kier molecular flexibility index (Phi) is 3.68. The third-order valence-corrected chi connectivity index (χ3v) is 6.28. The maximum Gasteiger partial charge on any atom is 0.260 e. The third-order valence-electron chi connectivity index (χ3n) is 6.28. The largest absolute Gasteiger partial charge is 0.300 e. The summed E-state index contributed by atoms with van der Waals surface area (Å²) in [5.41, 5.74) is 2.65. The molecule has 132 valence electrons. The van der Waals surface area contributed by atoms with Crippen molar-refractivity contribution in [2.45, 2.75) is 43.8 Å². The van der Waals surface area contributed by atoms with E-state index in [0.717, 1.165) is 35.5 Å². The number of carbonyl (C=O) groups excluding carboxylic acids is 1. The van der Waals surface area contributed by atoms with E-state index in [0.29, 0.717) is 12.1 Å². The van der Waals surface area contributed by atoms with E-state index in [1.807, 2.05) is 59.5 Å². The fraction of sp³-hybridized carbons (Fsp3) is 0.364. The van der Waals surface area contributed by atoms with Crippen molar-refractivity contribution in [2.24, 2.45) is 4.99 Å². The van der Waals surface area contributed by atoms with Crippen molar-refractivity contribution in [2.75, 3.05) is 7.05 Å². The predicted octanol–water partition coefficient (Wildman–Crippen LogP) is 3.85. The number of carbonyl (C=O) groups is 1. The molecule has 2 bridgehead atoms. The smallest absolute Gasteiger partial charge is 0.260 e. The Bertz CT molecular complexity index is 862. The SMILES string of the molecule is CN1C2CCC1CC(N1C(=O)c3ccccc3C1=Nc1ccccc1)C2. The van der Waals surface area contributed by atoms with Crippen LogP contribution in [0.1, 0.15) is 41.6 Å². The quantitative estimate of drug-likeness (QED) is 0.829. The van der Waals surface area contributed by atoms with Gasteiger partial charge < -0.3 is 4.90 Å². The number of rotatable bonds is 2. The maximum atomic E-state index is 13.2. The molecule has 5 rings (SSSR count). The van der Waals surface area contributed by atoms with Crippen LogP contribution in [0.2, 0.25) is 0 Å². The fourth-order valence-electron chi connectivity index (χ4n) is 4.89. The van der Waals surface area contributed by atoms with Crippen molar-refractivity contribution in [1.82, 2.24) is 9.80 Å². The summed E-state index contributed by atoms with van der Waals surface area (Å²) in [7, 11) is 2.23. The lowest BCUT2D eigenvalue weighted by Gasteiger charge is -2.40. The molecule has 3 aliphatic rings. The molecule has 3 heterocycles. The van der Waals surface area contributed by atoms with Crippen LogP contribution < -0.4 is 0 Å². The number of piperidine rings is 1. The highest BCUT2D eigenvalue weighted by Crippen LogP contribution is 2.39. The van der Waals surface area contributed by atoms with Gasteiger partial charge in [-0.05, 0) is 50.9 Å². The molecule has 0 aromatic heterocycles. The Hall–Kier alpha value is -2.46. The van der Waals surface area contributed by atoms with E-state index in [-0.39, 0.29) is 11.9 Å². The van der Waals surface area contributed by atoms with Crippen molar-refractivity contribution in [3.8, 4) is 0 Å². The monoisotopic (exact) mass is 345 g/mol. The van der Waals surface area contributed by atoms with Gasteiger partial charge in [-0.2, -0.15) is 0 Å². The Morgan fingerprint density at radius 3 is 2.15 bits per heavy atom. The van der Waals surface area contributed by atoms with Crippen LogP contribution in [0.25, 0.3) is 0 Å². The average molecular weight is 345 g/mol. The molecule has 4 nitrogen and oxygen atoms in total. The Labute approximate surface area is 154 Å². The van der Waals surface area contributed by atoms with E-state index < -0.39 is 0 Å². The molecule has 2 fully saturated rings. The number of hydrogen-bond acceptors (Lipinski definition) is 3. The fourth-order valence-corrected chi connectivity index (χ4v) is 4.89. The number of para-hydroxylation sites is 1. The van der Waals surface area contributed by atoms with Gasteiger partial charge in [0, 0.05) is 23.7 Å². The topological polar surface area (TPSA) is 35.9 Å². The van der Waals surface area contributed by atoms with E-state index in [1.165, 1.54) is 12.8 Å². The summed E-state index contributed by atoms with van der Waals surface area (Å²) in [6.45, 7) is 0. The number of benzene rings is 2. The lowest BCUT2D eigenvalue weighted by molar-refractivity contribution is 0.0688. The van der Waals surface area contributed by atoms with Gasteiger partial charge in [0.25, 0.3) is 5.91 Å². The van der Waals surface area contributed by atoms with E-state index in [4.69, 9.17) is 4.99 Å². The second kappa shape index (κ2) is 6.06. The zero-order chi connectivity index (χ0) is 17.7. The van der Waals surface area contributed by atoms with Crippen molar-refractivity contribution < 1.29 is 4.79 Å². The standard InChI is InChI=1S/C22H23N3O/c1-24-16-11-12-17(24)14-18(13-16)25-21(23-15-7-3-2-4-8-15)19-9-5-6-10-20(19)22(25)26/h2-10,16-18H,11-14H2,1H3. The van der Waals surface area contributed by atoms with Crippen molar-refractivity contribution >= 4 is 17.4 Å². The Morgan fingerprint density at radius 1 is 0.846 bits per heavy atom. The molecule has 3 aliphatic heterocycles. The first-order valence-electron chi connectivity index (χ1n) is 9.51. The zero-order valence-corrected chi connectivity index (χ0v) is 15.0. The van der Waals surface area contributed by atoms with Gasteiger partial charge >= 0.3 is 0 Å². The normalized spacial score (nSPS) is 29.4. The van der Waals surface area contributed by atoms with Crippen LogP contribution in [0.4, 0.5) is 5.69 Å². The molecule has 26 heavy (non-hydrogen) atoms. The van der Waals surface area contributed by atoms with Crippen LogP contribution in [-0.2, 0) is 0 Å². The molecule has 2 saturated heterocycles. The summed E-state index contributed by atoms with van der Waals surface area (Å²) in [6, 6.07) is 19.3. The van der Waals surface area contributed by atoms with Crippen LogP contribution in [0.15, 0.2) is 59.6 Å². The molecule has 2 atom stereocenters. The van der Waals surface area contributed by atoms with E-state index in [9.17, 15) is 4.79 Å². The maximum absolute atomic E-state index is 13.2. The first kappa shape index (κ1) is 15.8. The van der Waals surface area contributed by atoms with E-state index >= 15 is 0 Å². The number of amidine groups is 1. The van der Waals surface area contributed by atoms with Gasteiger partial charge in [-0.15, -0.1) is 0 Å². The number of hydrogen-bond donors (Lipinski definition) is 0. The highest BCUT2D eigenvalue weighted by atomic mass is 16.2. The summed E-state index contributed by atoms with van der Waals surface area (Å²) >= 11 is 0. The Morgan fingerprint density at radius 2 is 1.46 bits per heavy atom. The third kappa shape index (κ3) is 2.40. The summed E-state index contributed by atoms with van der Waals surface area (Å²) < 4.78 is 0. The molecule has 2 aromatic carbocycles. The first-order valence-corrected chi connectivity index (χ1v) is 9.51. The van der Waals surface area contributed by atoms with Gasteiger partial charge in [0.2, 0.25) is 0 Å². The van der Waals surface area contributed by atoms with Crippen LogP contribution in [-0.4, -0.2) is 46.7 Å². The van der Waals surface area contributed by atoms with Crippen molar-refractivity contribution in [1.29, 1.82) is 0 Å². The van der Waals surface area contributed by atoms with Gasteiger partial charge in [0.15, 0.2) is 0 Å². The highest BCUT2D eigenvalue weighted by molar-refractivity contribution is 6.24. The second-order valence-electron chi connectivity index (χ2n) is 7.67. The van der Waals surface area contributed by atoms with E-state index in [1.54, 1.807) is 0 Å². The van der Waals surface area contributed by atoms with Crippen LogP contribution in [0, 0.1) is 0 Å². The molecular weight excluding hydrogens is 322 g/mol. The van der Waals surface area contributed by atoms with Gasteiger partial charge in [-0.1, -0.05) is 36.4 Å². The number of amides is 1. The minimum Gasteiger partial charge on any atom is -0.300 e. The molecule has 0 radical (unpaired) electrons. The summed E-state index contributed by atoms with van der Waals surface area (Å²) in [5.74, 6) is 0.940. The highest BCUT2D eigenvalue weighted by Gasteiger charge is 2.45. The van der Waals surface area contributed by atoms with Crippen LogP contribution in [0.3, 0.4) is 0 Å². The molecule has 2 unspecified atom stereocenters. The lowest BCUT2D eigenvalue weighted by Crippen LogP contribution is -2.50. The predicted molar refractivity (Wildman–Crippen MR) is 103 cm³/mol. The van der Waals surface area contributed by atoms with Crippen molar-refractivity contribution in [3.63, 3.8) is 0 Å². The number of nitrogens with zero attached hydrogens (tertiary/aromatic N) is 3. The molecule has 0 aliphatic carbocycles. The van der Waals surface area contributed by atoms with Gasteiger partial charge in [0.1, 0.15) is 5.84 Å². The molecule has 0 spiro atoms. The second-order valence-corrected chi connectivity index (χ2v) is 7.67. The average Bonchev–Trinajstić information content (AvgIpc) is 3.04. The molecule has 0 N–H and O–H groups in total. The minimum absolute atomic E-state index is 0.115. The lowest BCUT2D eigenvalue weighted by atomic mass is 9.96. The Balaban J connectivity index is 1.57. The molecule has 4 heteroatoms. The van der Waals surface area contributed by atoms with Gasteiger partial charge in [-0.3, -0.25) is 9.69 Å². The minimum atomic E-state index is 0.115. The van der Waals surface area contributed by atoms with Crippen LogP contribution in [0.5, 0.6) is 0 Å². The molecule has 0 saturated carbocycles. The van der Waals surface area contributed by atoms with Gasteiger partial charge in [-0.25, -0.2) is 4.99 Å². The molecular formula is C22H23N3O. The zero-order valence-electron chi connectivity index (χ0n) is 15.0. The summed E-state index contributed by atoms with van der Waals surface area (Å²) in [5, 5.41) is 0. The molecule has 1 amide bonds. The molecule has 2 aromatic rings. The van der Waals surface area contributed by atoms with Crippen LogP contribution >= 0.6 is 0 Å². The first-order chi connectivity index (χ1) is 12.7.